The predicted octanol–water partition coefficient (Wildman–Crippen LogP) is 2.88. The smallest absolute Gasteiger partial charge is 0.344 e. The fourth-order valence-electron chi connectivity index (χ4n) is 6.58. The average Bonchev–Trinajstić information content (AvgIpc) is 3.25. The van der Waals surface area contributed by atoms with Crippen LogP contribution in [0.3, 0.4) is 0 Å². The lowest BCUT2D eigenvalue weighted by Crippen LogP contribution is -2.78. The number of ether oxygens (including phenoxy) is 4. The largest absolute Gasteiger partial charge is 0.479 e. The number of benzene rings is 1. The molecule has 0 aromatic heterocycles. The molecule has 0 spiro atoms. The molecule has 1 aromatic rings. The van der Waals surface area contributed by atoms with Crippen LogP contribution in [0.5, 0.6) is 0 Å². The fraction of sp³-hybridized carbons (Fsp3) is 0.571. The molecule has 1 aromatic carbocycles. The number of carboxylic acid groups (broad SMARTS) is 3. The monoisotopic (exact) mass is 690 g/mol. The third-order valence-corrected chi connectivity index (χ3v) is 9.29. The lowest BCUT2D eigenvalue weighted by atomic mass is 9.74. The molecule has 270 valence electrons. The number of carbonyl (C=O) groups is 5. The van der Waals surface area contributed by atoms with E-state index in [-0.39, 0.29) is 23.8 Å². The Morgan fingerprint density at radius 2 is 1.67 bits per heavy atom. The van der Waals surface area contributed by atoms with Crippen molar-refractivity contribution < 1.29 is 68.5 Å². The van der Waals surface area contributed by atoms with Crippen molar-refractivity contribution in [3.63, 3.8) is 0 Å². The van der Waals surface area contributed by atoms with Gasteiger partial charge in [0.25, 0.3) is 0 Å². The van der Waals surface area contributed by atoms with Gasteiger partial charge in [-0.1, -0.05) is 77.1 Å². The second-order valence-electron chi connectivity index (χ2n) is 13.1. The summed E-state index contributed by atoms with van der Waals surface area (Å²) < 4.78 is 22.0. The Hall–Kier alpha value is -4.11. The summed E-state index contributed by atoms with van der Waals surface area (Å²) in [5, 5.41) is 53.5. The van der Waals surface area contributed by atoms with Gasteiger partial charge in [0.2, 0.25) is 23.1 Å². The van der Waals surface area contributed by atoms with E-state index in [0.717, 1.165) is 18.1 Å². The van der Waals surface area contributed by atoms with E-state index in [1.807, 2.05) is 51.1 Å². The minimum absolute atomic E-state index is 0.123. The summed E-state index contributed by atoms with van der Waals surface area (Å²) in [7, 11) is 0. The number of carboxylic acids is 3. The number of aliphatic hydroxyl groups is 2. The summed E-state index contributed by atoms with van der Waals surface area (Å²) in [5.41, 5.74) is -6.27. The van der Waals surface area contributed by atoms with Crippen LogP contribution >= 0.6 is 0 Å². The number of aliphatic hydroxyl groups excluding tert-OH is 1. The molecule has 0 amide bonds. The number of carbonyl (C=O) groups excluding carboxylic acids is 2. The van der Waals surface area contributed by atoms with Crippen LogP contribution < -0.4 is 0 Å². The summed E-state index contributed by atoms with van der Waals surface area (Å²) in [6.07, 6.45) is -4.83. The molecule has 5 N–H and O–H groups in total. The van der Waals surface area contributed by atoms with Crippen molar-refractivity contribution in [2.24, 2.45) is 17.8 Å². The Morgan fingerprint density at radius 3 is 2.20 bits per heavy atom. The highest BCUT2D eigenvalue weighted by Gasteiger charge is 2.85. The zero-order chi connectivity index (χ0) is 36.9. The first-order chi connectivity index (χ1) is 22.9. The zero-order valence-corrected chi connectivity index (χ0v) is 28.2. The molecule has 2 saturated heterocycles. The van der Waals surface area contributed by atoms with Gasteiger partial charge in [0.05, 0.1) is 0 Å². The van der Waals surface area contributed by atoms with Gasteiger partial charge in [-0.2, -0.15) is 0 Å². The van der Waals surface area contributed by atoms with E-state index in [2.05, 4.69) is 6.58 Å². The standard InChI is InChI=1S/C35H46O14/c1-7-19(2)17-20(3)13-14-25(37)47-28-27(38)33(48-29(30(39)40)34(45,31(41)42)35(28,49-33)32(43)44)16-15-21(4)26(46-23(6)36)22(5)18-24-11-9-8-10-12-24/h8-14,19-20,22,26-29,38,45H,4,7,15-18H2,1-3,5-6H3,(H,39,40)(H,41,42)(H,43,44)/b14-13+/t19-,20+,22+,26+,27+,28?,29+,33-,34+,35-/m0/s1. The molecular formula is C35H46O14. The molecule has 1 unspecified atom stereocenters. The summed E-state index contributed by atoms with van der Waals surface area (Å²) in [5.74, 6) is -11.3. The number of aliphatic carboxylic acids is 3. The topological polar surface area (TPSA) is 223 Å². The first kappa shape index (κ1) is 39.3. The maximum absolute atomic E-state index is 13.0. The minimum Gasteiger partial charge on any atom is -0.479 e. The molecule has 3 rings (SSSR count). The third kappa shape index (κ3) is 7.88. The van der Waals surface area contributed by atoms with Crippen LogP contribution in [0.2, 0.25) is 0 Å². The molecule has 2 aliphatic heterocycles. The van der Waals surface area contributed by atoms with Gasteiger partial charge in [-0.3, -0.25) is 4.79 Å². The molecule has 14 heteroatoms. The average molecular weight is 691 g/mol. The second-order valence-corrected chi connectivity index (χ2v) is 13.1. The quantitative estimate of drug-likeness (QED) is 0.0901. The van der Waals surface area contributed by atoms with E-state index in [9.17, 15) is 49.5 Å². The Morgan fingerprint density at radius 1 is 1.04 bits per heavy atom. The van der Waals surface area contributed by atoms with E-state index in [1.54, 1.807) is 6.92 Å². The van der Waals surface area contributed by atoms with Gasteiger partial charge in [-0.25, -0.2) is 19.2 Å². The van der Waals surface area contributed by atoms with Crippen molar-refractivity contribution in [2.45, 2.75) is 108 Å². The highest BCUT2D eigenvalue weighted by Crippen LogP contribution is 2.56. The summed E-state index contributed by atoms with van der Waals surface area (Å²) in [4.78, 5) is 63.0. The second kappa shape index (κ2) is 15.6. The zero-order valence-electron chi connectivity index (χ0n) is 28.2. The van der Waals surface area contributed by atoms with Crippen molar-refractivity contribution in [3.05, 3.63) is 60.2 Å². The molecule has 2 heterocycles. The third-order valence-electron chi connectivity index (χ3n) is 9.29. The Kier molecular flexibility index (Phi) is 12.5. The lowest BCUT2D eigenvalue weighted by Gasteiger charge is -2.48. The van der Waals surface area contributed by atoms with Gasteiger partial charge in [-0.05, 0) is 42.2 Å². The highest BCUT2D eigenvalue weighted by atomic mass is 16.8. The fourth-order valence-corrected chi connectivity index (χ4v) is 6.58. The summed E-state index contributed by atoms with van der Waals surface area (Å²) in [6.45, 7) is 12.9. The van der Waals surface area contributed by atoms with Crippen molar-refractivity contribution in [1.82, 2.24) is 0 Å². The molecule has 2 bridgehead atoms. The van der Waals surface area contributed by atoms with Gasteiger partial charge >= 0.3 is 29.8 Å². The number of esters is 2. The van der Waals surface area contributed by atoms with Crippen molar-refractivity contribution in [3.8, 4) is 0 Å². The number of hydrogen-bond donors (Lipinski definition) is 5. The van der Waals surface area contributed by atoms with Crippen LogP contribution in [-0.4, -0.2) is 96.8 Å². The van der Waals surface area contributed by atoms with Crippen LogP contribution in [0.25, 0.3) is 0 Å². The van der Waals surface area contributed by atoms with Crippen LogP contribution in [-0.2, 0) is 49.3 Å². The Bertz CT molecular complexity index is 1440. The number of rotatable bonds is 17. The van der Waals surface area contributed by atoms with Crippen LogP contribution in [0.1, 0.15) is 65.9 Å². The van der Waals surface area contributed by atoms with Gasteiger partial charge in [0.15, 0.2) is 6.10 Å². The van der Waals surface area contributed by atoms with Gasteiger partial charge < -0.3 is 44.5 Å². The van der Waals surface area contributed by atoms with E-state index >= 15 is 0 Å². The molecule has 49 heavy (non-hydrogen) atoms. The Labute approximate surface area is 284 Å². The van der Waals surface area contributed by atoms with Gasteiger partial charge in [-0.15, -0.1) is 0 Å². The molecule has 14 nitrogen and oxygen atoms in total. The van der Waals surface area contributed by atoms with Crippen LogP contribution in [0, 0.1) is 17.8 Å². The molecule has 0 aliphatic carbocycles. The summed E-state index contributed by atoms with van der Waals surface area (Å²) in [6, 6.07) is 9.29. The van der Waals surface area contributed by atoms with Gasteiger partial charge in [0.1, 0.15) is 12.2 Å². The molecule has 2 aliphatic rings. The molecule has 0 radical (unpaired) electrons. The van der Waals surface area contributed by atoms with Gasteiger partial charge in [0, 0.05) is 25.3 Å². The maximum Gasteiger partial charge on any atom is 0.344 e. The molecule has 10 atom stereocenters. The van der Waals surface area contributed by atoms with E-state index in [1.165, 1.54) is 13.0 Å². The highest BCUT2D eigenvalue weighted by molar-refractivity contribution is 5.98. The van der Waals surface area contributed by atoms with E-state index < -0.39 is 77.7 Å². The predicted molar refractivity (Wildman–Crippen MR) is 171 cm³/mol. The van der Waals surface area contributed by atoms with Crippen molar-refractivity contribution in [2.75, 3.05) is 0 Å². The first-order valence-corrected chi connectivity index (χ1v) is 16.1. The van der Waals surface area contributed by atoms with Crippen LogP contribution in [0.15, 0.2) is 54.6 Å². The van der Waals surface area contributed by atoms with E-state index in [4.69, 9.17) is 18.9 Å². The minimum atomic E-state index is -3.90. The molecule has 2 fully saturated rings. The number of fused-ring (bicyclic) bond motifs is 2. The maximum atomic E-state index is 13.0. The van der Waals surface area contributed by atoms with E-state index in [0.29, 0.717) is 18.8 Å². The normalized spacial score (nSPS) is 30.1. The van der Waals surface area contributed by atoms with Crippen molar-refractivity contribution >= 4 is 29.8 Å². The SMILES string of the molecule is C=C(CC[C@]12O[C@H](C(=O)O)[C@@](O)(C(=O)O)[C@](C(=O)O)(O1)C(OC(=O)/C=C/[C@@H](C)C[C@@H](C)CC)[C@H]2O)[C@@H](OC(C)=O)[C@H](C)Cc1ccccc1. The number of hydrogen-bond acceptors (Lipinski definition) is 11. The van der Waals surface area contributed by atoms with Crippen molar-refractivity contribution in [1.29, 1.82) is 0 Å². The molecule has 0 saturated carbocycles. The number of allylic oxidation sites excluding steroid dienone is 1. The molecular weight excluding hydrogens is 644 g/mol. The summed E-state index contributed by atoms with van der Waals surface area (Å²) >= 11 is 0. The Balaban J connectivity index is 2.02. The lowest BCUT2D eigenvalue weighted by molar-refractivity contribution is -0.374. The first-order valence-electron chi connectivity index (χ1n) is 16.1. The van der Waals surface area contributed by atoms with Crippen LogP contribution in [0.4, 0.5) is 0 Å².